The van der Waals surface area contributed by atoms with Gasteiger partial charge in [0.05, 0.1) is 30.0 Å². The molecule has 3 aliphatic rings. The minimum absolute atomic E-state index is 0.0169. The Kier molecular flexibility index (Phi) is 12.1. The van der Waals surface area contributed by atoms with Gasteiger partial charge in [0, 0.05) is 30.6 Å². The monoisotopic (exact) mass is 682 g/mol. The number of piperidine rings is 3. The zero-order chi connectivity index (χ0) is 34.9. The van der Waals surface area contributed by atoms with Crippen LogP contribution in [0.1, 0.15) is 74.6 Å². The number of aromatic amines is 1. The molecule has 10 heteroatoms. The number of aliphatic hydroxyl groups is 1. The number of nitrogens with one attached hydrogen (secondary N) is 2. The number of phenols is 1. The summed E-state index contributed by atoms with van der Waals surface area (Å²) in [5, 5.41) is 35.3. The average molecular weight is 683 g/mol. The highest BCUT2D eigenvalue weighted by Crippen LogP contribution is 2.44. The lowest BCUT2D eigenvalue weighted by Crippen LogP contribution is -2.53. The number of amides is 1. The van der Waals surface area contributed by atoms with Gasteiger partial charge in [0.25, 0.3) is 0 Å². The largest absolute Gasteiger partial charge is 0.506 e. The number of phenolic OH excluding ortho intramolecular Hbond substituents is 1. The fraction of sp³-hybridized carbons (Fsp3) is 0.450. The van der Waals surface area contributed by atoms with Crippen LogP contribution in [0.25, 0.3) is 10.9 Å². The number of H-pyrrole nitrogens is 1. The number of anilines is 1. The molecule has 3 aromatic carbocycles. The van der Waals surface area contributed by atoms with Crippen LogP contribution in [-0.4, -0.2) is 70.6 Å². The van der Waals surface area contributed by atoms with Gasteiger partial charge in [-0.05, 0) is 92.5 Å². The summed E-state index contributed by atoms with van der Waals surface area (Å²) in [6.07, 6.45) is 6.84. The van der Waals surface area contributed by atoms with Gasteiger partial charge in [-0.25, -0.2) is 4.79 Å². The minimum Gasteiger partial charge on any atom is -0.506 e. The molecule has 50 heavy (non-hydrogen) atoms. The van der Waals surface area contributed by atoms with Gasteiger partial charge in [0.1, 0.15) is 11.5 Å². The van der Waals surface area contributed by atoms with Gasteiger partial charge in [-0.15, -0.1) is 0 Å². The maximum Gasteiger partial charge on any atom is 0.412 e. The van der Waals surface area contributed by atoms with Gasteiger partial charge in [-0.3, -0.25) is 9.69 Å². The number of aromatic hydroxyl groups is 1. The first kappa shape index (κ1) is 35.4. The highest BCUT2D eigenvalue weighted by molar-refractivity contribution is 5.88. The van der Waals surface area contributed by atoms with Crippen molar-refractivity contribution in [1.29, 1.82) is 0 Å². The lowest BCUT2D eigenvalue weighted by atomic mass is 9.73. The van der Waals surface area contributed by atoms with Crippen molar-refractivity contribution in [2.75, 3.05) is 44.2 Å². The number of nitrogens with zero attached hydrogens (tertiary/aromatic N) is 2. The van der Waals surface area contributed by atoms with Crippen LogP contribution in [0.15, 0.2) is 83.7 Å². The summed E-state index contributed by atoms with van der Waals surface area (Å²) in [5.74, 6) is 1.43. The summed E-state index contributed by atoms with van der Waals surface area (Å²) in [6.45, 7) is 4.89. The number of benzene rings is 3. The van der Waals surface area contributed by atoms with E-state index in [1.165, 1.54) is 12.1 Å². The summed E-state index contributed by atoms with van der Waals surface area (Å²) in [5.41, 5.74) is 2.39. The molecule has 3 aliphatic heterocycles. The van der Waals surface area contributed by atoms with Gasteiger partial charge in [-0.1, -0.05) is 68.1 Å². The number of pyridine rings is 1. The number of hydrogen-bond donors (Lipinski definition) is 5. The van der Waals surface area contributed by atoms with Crippen LogP contribution in [0, 0.1) is 11.8 Å². The van der Waals surface area contributed by atoms with Crippen LogP contribution in [0.4, 0.5) is 10.5 Å². The number of aromatic nitrogens is 1. The van der Waals surface area contributed by atoms with Crippen LogP contribution in [0.3, 0.4) is 0 Å². The van der Waals surface area contributed by atoms with Crippen molar-refractivity contribution in [2.24, 2.45) is 11.8 Å². The number of carboxylic acid groups (broad SMARTS) is 1. The van der Waals surface area contributed by atoms with Crippen molar-refractivity contribution in [2.45, 2.75) is 63.5 Å². The molecule has 0 radical (unpaired) electrons. The summed E-state index contributed by atoms with van der Waals surface area (Å²) in [6, 6.07) is 23.6. The molecule has 3 atom stereocenters. The van der Waals surface area contributed by atoms with Crippen molar-refractivity contribution < 1.29 is 24.9 Å². The summed E-state index contributed by atoms with van der Waals surface area (Å²) in [7, 11) is 0. The number of carbonyl (C=O) groups is 1. The van der Waals surface area contributed by atoms with E-state index in [1.54, 1.807) is 17.0 Å². The third kappa shape index (κ3) is 8.67. The van der Waals surface area contributed by atoms with Crippen molar-refractivity contribution in [3.8, 4) is 11.5 Å². The molecule has 3 fully saturated rings. The topological polar surface area (TPSA) is 138 Å². The number of aliphatic hydroxyl groups excluding tert-OH is 1. The molecule has 0 spiro atoms. The quantitative estimate of drug-likeness (QED) is 0.0764. The third-order valence-electron chi connectivity index (χ3n) is 10.5. The Morgan fingerprint density at radius 1 is 0.940 bits per heavy atom. The number of ether oxygens (including phenoxy) is 1. The van der Waals surface area contributed by atoms with E-state index in [9.17, 15) is 24.9 Å². The lowest BCUT2D eigenvalue weighted by molar-refractivity contribution is 0.0358. The molecule has 0 saturated carbocycles. The molecule has 4 heterocycles. The second-order valence-electron chi connectivity index (χ2n) is 13.8. The van der Waals surface area contributed by atoms with Gasteiger partial charge in [-0.2, -0.15) is 0 Å². The molecule has 1 amide bonds. The Hall–Kier alpha value is -4.38. The Morgan fingerprint density at radius 2 is 1.70 bits per heavy atom. The van der Waals surface area contributed by atoms with Crippen molar-refractivity contribution in [3.05, 3.63) is 100 Å². The van der Waals surface area contributed by atoms with Gasteiger partial charge in [0.15, 0.2) is 0 Å². The molecule has 3 saturated heterocycles. The molecule has 0 aliphatic carbocycles. The smallest absolute Gasteiger partial charge is 0.412 e. The maximum absolute atomic E-state index is 12.9. The Bertz CT molecular complexity index is 1760. The molecule has 2 bridgehead atoms. The van der Waals surface area contributed by atoms with Crippen LogP contribution in [0.2, 0.25) is 0 Å². The SMILES string of the molecule is O=C(O)N(c1cccc(OCCCCCCCCNC[C@H](O)c2ccc(O)c3[nH]c(=O)ccc23)c1)[C@@H](c1ccccc1)C1CN2CCC1CC2. The van der Waals surface area contributed by atoms with Crippen LogP contribution in [0.5, 0.6) is 11.5 Å². The molecule has 5 N–H and O–H groups in total. The first-order chi connectivity index (χ1) is 24.4. The molecule has 7 rings (SSSR count). The van der Waals surface area contributed by atoms with Gasteiger partial charge < -0.3 is 35.3 Å². The molecule has 4 aromatic rings. The highest BCUT2D eigenvalue weighted by atomic mass is 16.5. The van der Waals surface area contributed by atoms with E-state index in [1.807, 2.05) is 42.5 Å². The first-order valence-electron chi connectivity index (χ1n) is 18.1. The van der Waals surface area contributed by atoms with Crippen molar-refractivity contribution in [3.63, 3.8) is 0 Å². The molecule has 10 nitrogen and oxygen atoms in total. The van der Waals surface area contributed by atoms with E-state index in [-0.39, 0.29) is 23.3 Å². The van der Waals surface area contributed by atoms with Crippen molar-refractivity contribution in [1.82, 2.24) is 15.2 Å². The number of hydrogen-bond acceptors (Lipinski definition) is 7. The molecular formula is C40H50N4O6. The summed E-state index contributed by atoms with van der Waals surface area (Å²) < 4.78 is 6.12. The standard InChI is InChI=1S/C40H50N4O6/c45-35-17-15-32(33-16-18-37(47)42-38(33)35)36(46)26-41-21-8-3-1-2-4-9-24-50-31-14-10-13-30(25-31)44(40(48)49)39(29-11-6-5-7-12-29)34-27-43-22-19-28(34)20-23-43/h5-7,10-18,25,28,34,36,39,41,45-46H,1-4,8-9,19-24,26-27H2,(H,42,47)(H,48,49)/t34?,36-,39-/m0/s1. The molecular weight excluding hydrogens is 632 g/mol. The number of rotatable bonds is 17. The third-order valence-corrected chi connectivity index (χ3v) is 10.5. The maximum atomic E-state index is 12.9. The predicted molar refractivity (Wildman–Crippen MR) is 196 cm³/mol. The van der Waals surface area contributed by atoms with E-state index < -0.39 is 12.2 Å². The van der Waals surface area contributed by atoms with Crippen LogP contribution in [-0.2, 0) is 0 Å². The van der Waals surface area contributed by atoms with E-state index in [0.29, 0.717) is 47.0 Å². The van der Waals surface area contributed by atoms with E-state index in [0.717, 1.165) is 83.1 Å². The zero-order valence-electron chi connectivity index (χ0n) is 28.7. The fourth-order valence-corrected chi connectivity index (χ4v) is 7.87. The molecule has 1 aromatic heterocycles. The summed E-state index contributed by atoms with van der Waals surface area (Å²) >= 11 is 0. The van der Waals surface area contributed by atoms with Crippen LogP contribution < -0.4 is 20.5 Å². The number of unbranched alkanes of at least 4 members (excludes halogenated alkanes) is 5. The van der Waals surface area contributed by atoms with Crippen molar-refractivity contribution >= 4 is 22.7 Å². The predicted octanol–water partition coefficient (Wildman–Crippen LogP) is 6.84. The van der Waals surface area contributed by atoms with E-state index in [2.05, 4.69) is 27.3 Å². The second kappa shape index (κ2) is 17.0. The minimum atomic E-state index is -0.941. The van der Waals surface area contributed by atoms with Gasteiger partial charge in [0.2, 0.25) is 5.56 Å². The average Bonchev–Trinajstić information content (AvgIpc) is 3.13. The lowest BCUT2D eigenvalue weighted by Gasteiger charge is -2.49. The Balaban J connectivity index is 0.920. The summed E-state index contributed by atoms with van der Waals surface area (Å²) in [4.78, 5) is 31.2. The molecule has 1 unspecified atom stereocenters. The normalized spacial score (nSPS) is 19.7. The molecule has 266 valence electrons. The highest BCUT2D eigenvalue weighted by Gasteiger charge is 2.43. The Labute approximate surface area is 293 Å². The van der Waals surface area contributed by atoms with Gasteiger partial charge >= 0.3 is 6.09 Å². The fourth-order valence-electron chi connectivity index (χ4n) is 7.87. The first-order valence-corrected chi connectivity index (χ1v) is 18.1. The van der Waals surface area contributed by atoms with E-state index in [4.69, 9.17) is 4.74 Å². The van der Waals surface area contributed by atoms with Crippen LogP contribution >= 0.6 is 0 Å². The number of fused-ring (bicyclic) bond motifs is 4. The zero-order valence-corrected chi connectivity index (χ0v) is 28.7. The Morgan fingerprint density at radius 3 is 2.44 bits per heavy atom. The van der Waals surface area contributed by atoms with E-state index >= 15 is 0 Å². The second-order valence-corrected chi connectivity index (χ2v) is 13.8.